The van der Waals surface area contributed by atoms with Crippen molar-refractivity contribution in [2.45, 2.75) is 26.1 Å². The van der Waals surface area contributed by atoms with Crippen LogP contribution in [-0.2, 0) is 9.53 Å². The van der Waals surface area contributed by atoms with E-state index in [-0.39, 0.29) is 12.5 Å². The number of methoxy groups -OCH3 is 1. The Balaban J connectivity index is 2.77. The van der Waals surface area contributed by atoms with Crippen LogP contribution in [-0.4, -0.2) is 30.9 Å². The number of halogens is 1. The summed E-state index contributed by atoms with van der Waals surface area (Å²) in [4.78, 5) is 23.2. The third kappa shape index (κ3) is 3.96. The summed E-state index contributed by atoms with van der Waals surface area (Å²) in [5, 5.41) is 1.77. The molecule has 104 valence electrons. The van der Waals surface area contributed by atoms with Crippen molar-refractivity contribution in [3.8, 4) is 0 Å². The molecule has 1 amide bonds. The lowest BCUT2D eigenvalue weighted by Gasteiger charge is -2.13. The first-order valence-corrected chi connectivity index (χ1v) is 6.38. The topological polar surface area (TPSA) is 55.4 Å². The van der Waals surface area contributed by atoms with Gasteiger partial charge >= 0.3 is 5.97 Å². The molecule has 0 aliphatic heterocycles. The van der Waals surface area contributed by atoms with Crippen LogP contribution in [0.2, 0.25) is 0 Å². The SMILES string of the molecule is COC(=O)C(Cl)CNC(=O)c1c(C)cc(C)cc1C. The van der Waals surface area contributed by atoms with Gasteiger partial charge in [0.1, 0.15) is 5.38 Å². The third-order valence-corrected chi connectivity index (χ3v) is 3.14. The van der Waals surface area contributed by atoms with Gasteiger partial charge in [0.2, 0.25) is 0 Å². The molecule has 0 heterocycles. The lowest BCUT2D eigenvalue weighted by atomic mass is 9.99. The van der Waals surface area contributed by atoms with Crippen LogP contribution in [0.4, 0.5) is 0 Å². The molecule has 5 heteroatoms. The number of rotatable bonds is 4. The number of hydrogen-bond acceptors (Lipinski definition) is 3. The second-order valence-electron chi connectivity index (χ2n) is 4.47. The van der Waals surface area contributed by atoms with Crippen molar-refractivity contribution >= 4 is 23.5 Å². The summed E-state index contributed by atoms with van der Waals surface area (Å²) in [5.41, 5.74) is 3.54. The number of amides is 1. The quantitative estimate of drug-likeness (QED) is 0.680. The van der Waals surface area contributed by atoms with E-state index < -0.39 is 11.3 Å². The van der Waals surface area contributed by atoms with E-state index in [0.717, 1.165) is 16.7 Å². The summed E-state index contributed by atoms with van der Waals surface area (Å²) >= 11 is 5.78. The van der Waals surface area contributed by atoms with Gasteiger partial charge < -0.3 is 10.1 Å². The number of aryl methyl sites for hydroxylation is 3. The predicted molar refractivity (Wildman–Crippen MR) is 74.6 cm³/mol. The summed E-state index contributed by atoms with van der Waals surface area (Å²) in [5.74, 6) is -0.788. The molecule has 1 aromatic carbocycles. The number of carbonyl (C=O) groups excluding carboxylic acids is 2. The normalized spacial score (nSPS) is 11.8. The average Bonchev–Trinajstić information content (AvgIpc) is 2.33. The van der Waals surface area contributed by atoms with Crippen molar-refractivity contribution in [3.05, 3.63) is 34.4 Å². The maximum absolute atomic E-state index is 12.1. The summed E-state index contributed by atoms with van der Waals surface area (Å²) in [7, 11) is 1.26. The molecule has 0 saturated carbocycles. The van der Waals surface area contributed by atoms with Crippen LogP contribution in [0.15, 0.2) is 12.1 Å². The zero-order valence-electron chi connectivity index (χ0n) is 11.5. The van der Waals surface area contributed by atoms with Gasteiger partial charge in [-0.15, -0.1) is 11.6 Å². The van der Waals surface area contributed by atoms with Crippen molar-refractivity contribution in [2.24, 2.45) is 0 Å². The van der Waals surface area contributed by atoms with Crippen molar-refractivity contribution in [3.63, 3.8) is 0 Å². The van der Waals surface area contributed by atoms with E-state index in [1.807, 2.05) is 32.9 Å². The molecule has 0 radical (unpaired) electrons. The van der Waals surface area contributed by atoms with E-state index in [0.29, 0.717) is 5.56 Å². The largest absolute Gasteiger partial charge is 0.468 e. The van der Waals surface area contributed by atoms with Crippen LogP contribution in [0.25, 0.3) is 0 Å². The molecule has 0 fully saturated rings. The molecule has 0 bridgehead atoms. The molecular weight excluding hydrogens is 266 g/mol. The molecule has 0 aliphatic carbocycles. The molecule has 0 saturated heterocycles. The fraction of sp³-hybridized carbons (Fsp3) is 0.429. The fourth-order valence-corrected chi connectivity index (χ4v) is 2.19. The van der Waals surface area contributed by atoms with Crippen molar-refractivity contribution < 1.29 is 14.3 Å². The average molecular weight is 284 g/mol. The van der Waals surface area contributed by atoms with Gasteiger partial charge in [-0.3, -0.25) is 9.59 Å². The van der Waals surface area contributed by atoms with Gasteiger partial charge in [0.05, 0.1) is 7.11 Å². The van der Waals surface area contributed by atoms with Crippen molar-refractivity contribution in [2.75, 3.05) is 13.7 Å². The van der Waals surface area contributed by atoms with Crippen LogP contribution >= 0.6 is 11.6 Å². The van der Waals surface area contributed by atoms with Gasteiger partial charge in [0.25, 0.3) is 5.91 Å². The van der Waals surface area contributed by atoms with Gasteiger partial charge in [-0.2, -0.15) is 0 Å². The summed E-state index contributed by atoms with van der Waals surface area (Å²) in [6, 6.07) is 3.89. The second kappa shape index (κ2) is 6.57. The van der Waals surface area contributed by atoms with Crippen LogP contribution in [0, 0.1) is 20.8 Å². The van der Waals surface area contributed by atoms with E-state index in [1.54, 1.807) is 0 Å². The lowest BCUT2D eigenvalue weighted by molar-refractivity contribution is -0.140. The Morgan fingerprint density at radius 2 is 1.79 bits per heavy atom. The smallest absolute Gasteiger partial charge is 0.325 e. The summed E-state index contributed by atoms with van der Waals surface area (Å²) in [6.07, 6.45) is 0. The molecule has 1 aromatic rings. The Kier molecular flexibility index (Phi) is 5.36. The number of hydrogen-bond donors (Lipinski definition) is 1. The maximum atomic E-state index is 12.1. The Morgan fingerprint density at radius 3 is 2.26 bits per heavy atom. The molecule has 4 nitrogen and oxygen atoms in total. The second-order valence-corrected chi connectivity index (χ2v) is 5.00. The van der Waals surface area contributed by atoms with E-state index >= 15 is 0 Å². The minimum atomic E-state index is -0.875. The number of nitrogens with one attached hydrogen (secondary N) is 1. The van der Waals surface area contributed by atoms with Crippen LogP contribution in [0.3, 0.4) is 0 Å². The summed E-state index contributed by atoms with van der Waals surface area (Å²) < 4.78 is 4.49. The first-order valence-electron chi connectivity index (χ1n) is 5.94. The summed E-state index contributed by atoms with van der Waals surface area (Å²) in [6.45, 7) is 5.79. The first-order chi connectivity index (χ1) is 8.86. The highest BCUT2D eigenvalue weighted by Crippen LogP contribution is 2.16. The standard InChI is InChI=1S/C14H18ClNO3/c1-8-5-9(2)12(10(3)6-8)13(17)16-7-11(15)14(18)19-4/h5-6,11H,7H2,1-4H3,(H,16,17). The minimum absolute atomic E-state index is 0.0415. The van der Waals surface area contributed by atoms with Gasteiger partial charge in [-0.1, -0.05) is 17.7 Å². The minimum Gasteiger partial charge on any atom is -0.468 e. The highest BCUT2D eigenvalue weighted by atomic mass is 35.5. The van der Waals surface area contributed by atoms with E-state index in [4.69, 9.17) is 11.6 Å². The number of benzene rings is 1. The number of esters is 1. The zero-order chi connectivity index (χ0) is 14.6. The molecule has 1 unspecified atom stereocenters. The number of ether oxygens (including phenoxy) is 1. The molecule has 1 atom stereocenters. The van der Waals surface area contributed by atoms with E-state index in [2.05, 4.69) is 10.1 Å². The Labute approximate surface area is 118 Å². The lowest BCUT2D eigenvalue weighted by Crippen LogP contribution is -2.34. The van der Waals surface area contributed by atoms with Gasteiger partial charge in [-0.05, 0) is 31.9 Å². The molecular formula is C14H18ClNO3. The zero-order valence-corrected chi connectivity index (χ0v) is 12.3. The predicted octanol–water partition coefficient (Wildman–Crippen LogP) is 2.12. The first kappa shape index (κ1) is 15.5. The van der Waals surface area contributed by atoms with Crippen LogP contribution in [0.1, 0.15) is 27.0 Å². The molecule has 1 N–H and O–H groups in total. The number of alkyl halides is 1. The van der Waals surface area contributed by atoms with Gasteiger partial charge in [0.15, 0.2) is 0 Å². The highest BCUT2D eigenvalue weighted by Gasteiger charge is 2.18. The molecule has 1 rings (SSSR count). The molecule has 0 spiro atoms. The van der Waals surface area contributed by atoms with Crippen molar-refractivity contribution in [1.82, 2.24) is 5.32 Å². The fourth-order valence-electron chi connectivity index (χ4n) is 2.02. The van der Waals surface area contributed by atoms with Gasteiger partial charge in [0, 0.05) is 12.1 Å². The van der Waals surface area contributed by atoms with Crippen LogP contribution < -0.4 is 5.32 Å². The van der Waals surface area contributed by atoms with E-state index in [1.165, 1.54) is 7.11 Å². The van der Waals surface area contributed by atoms with Crippen LogP contribution in [0.5, 0.6) is 0 Å². The third-order valence-electron chi connectivity index (χ3n) is 2.80. The molecule has 0 aromatic heterocycles. The maximum Gasteiger partial charge on any atom is 0.325 e. The van der Waals surface area contributed by atoms with Gasteiger partial charge in [-0.25, -0.2) is 0 Å². The van der Waals surface area contributed by atoms with E-state index in [9.17, 15) is 9.59 Å². The number of carbonyl (C=O) groups is 2. The Hall–Kier alpha value is -1.55. The highest BCUT2D eigenvalue weighted by molar-refractivity contribution is 6.30. The Morgan fingerprint density at radius 1 is 1.26 bits per heavy atom. The van der Waals surface area contributed by atoms with Crippen molar-refractivity contribution in [1.29, 1.82) is 0 Å². The Bertz CT molecular complexity index is 476. The molecule has 0 aliphatic rings. The monoisotopic (exact) mass is 283 g/mol. The molecule has 19 heavy (non-hydrogen) atoms.